The summed E-state index contributed by atoms with van der Waals surface area (Å²) in [5.41, 5.74) is 1.47. The van der Waals surface area contributed by atoms with Crippen LogP contribution in [0.4, 0.5) is 5.69 Å². The minimum Gasteiger partial charge on any atom is -0.454 e. The fourth-order valence-electron chi connectivity index (χ4n) is 1.94. The lowest BCUT2D eigenvalue weighted by Crippen LogP contribution is -2.16. The molecule has 6 nitrogen and oxygen atoms in total. The summed E-state index contributed by atoms with van der Waals surface area (Å²) in [7, 11) is 0. The molecule has 3 rings (SSSR count). The van der Waals surface area contributed by atoms with Crippen molar-refractivity contribution in [2.24, 2.45) is 5.16 Å². The van der Waals surface area contributed by atoms with E-state index in [1.54, 1.807) is 18.2 Å². The van der Waals surface area contributed by atoms with Gasteiger partial charge in [0, 0.05) is 21.8 Å². The zero-order valence-corrected chi connectivity index (χ0v) is 13.6. The third-order valence-electron chi connectivity index (χ3n) is 3.02. The van der Waals surface area contributed by atoms with Crippen LogP contribution in [0.5, 0.6) is 11.5 Å². The molecule has 0 radical (unpaired) electrons. The number of hydrogen-bond donors (Lipinski definition) is 1. The van der Waals surface area contributed by atoms with Gasteiger partial charge in [0.25, 0.3) is 5.91 Å². The number of oxime groups is 1. The monoisotopic (exact) mass is 376 g/mol. The first kappa shape index (κ1) is 15.4. The van der Waals surface area contributed by atoms with Gasteiger partial charge in [-0.2, -0.15) is 0 Å². The van der Waals surface area contributed by atoms with Crippen molar-refractivity contribution in [1.82, 2.24) is 0 Å². The standard InChI is InChI=1S/C16H13BrN2O4/c17-13-4-2-1-3-11(13)8-18-23-9-16(20)19-12-5-6-14-15(7-12)22-10-21-14/h1-8H,9-10H2,(H,19,20)/b18-8-. The summed E-state index contributed by atoms with van der Waals surface area (Å²) in [5, 5.41) is 6.48. The van der Waals surface area contributed by atoms with Crippen molar-refractivity contribution in [3.05, 3.63) is 52.5 Å². The number of hydrogen-bond acceptors (Lipinski definition) is 5. The summed E-state index contributed by atoms with van der Waals surface area (Å²) >= 11 is 3.40. The predicted molar refractivity (Wildman–Crippen MR) is 88.9 cm³/mol. The van der Waals surface area contributed by atoms with Gasteiger partial charge >= 0.3 is 0 Å². The van der Waals surface area contributed by atoms with Crippen LogP contribution >= 0.6 is 15.9 Å². The van der Waals surface area contributed by atoms with Crippen LogP contribution in [0.15, 0.2) is 52.1 Å². The predicted octanol–water partition coefficient (Wildman–Crippen LogP) is 3.17. The Bertz CT molecular complexity index is 749. The summed E-state index contributed by atoms with van der Waals surface area (Å²) in [6.07, 6.45) is 1.54. The number of nitrogens with one attached hydrogen (secondary N) is 1. The topological polar surface area (TPSA) is 69.2 Å². The Morgan fingerprint density at radius 2 is 2.09 bits per heavy atom. The van der Waals surface area contributed by atoms with Gasteiger partial charge in [-0.25, -0.2) is 0 Å². The van der Waals surface area contributed by atoms with Crippen LogP contribution < -0.4 is 14.8 Å². The average Bonchev–Trinajstić information content (AvgIpc) is 3.01. The molecule has 1 aliphatic rings. The fraction of sp³-hybridized carbons (Fsp3) is 0.125. The molecule has 0 bridgehead atoms. The van der Waals surface area contributed by atoms with Crippen molar-refractivity contribution in [2.75, 3.05) is 18.7 Å². The molecule has 0 saturated heterocycles. The highest BCUT2D eigenvalue weighted by Gasteiger charge is 2.14. The van der Waals surface area contributed by atoms with Gasteiger partial charge in [0.15, 0.2) is 18.1 Å². The number of benzene rings is 2. The number of nitrogens with zero attached hydrogens (tertiary/aromatic N) is 1. The fourth-order valence-corrected chi connectivity index (χ4v) is 2.33. The van der Waals surface area contributed by atoms with Gasteiger partial charge in [-0.05, 0) is 18.2 Å². The molecule has 1 heterocycles. The van der Waals surface area contributed by atoms with Crippen molar-refractivity contribution in [1.29, 1.82) is 0 Å². The SMILES string of the molecule is O=C(CO/N=C\c1ccccc1Br)Nc1ccc2c(c1)OCO2. The molecule has 2 aromatic carbocycles. The molecule has 0 unspecified atom stereocenters. The third kappa shape index (κ3) is 4.01. The van der Waals surface area contributed by atoms with Crippen molar-refractivity contribution < 1.29 is 19.1 Å². The van der Waals surface area contributed by atoms with E-state index < -0.39 is 0 Å². The zero-order chi connectivity index (χ0) is 16.1. The molecule has 0 atom stereocenters. The first-order valence-electron chi connectivity index (χ1n) is 6.82. The first-order chi connectivity index (χ1) is 11.2. The Morgan fingerprint density at radius 3 is 2.96 bits per heavy atom. The van der Waals surface area contributed by atoms with E-state index in [2.05, 4.69) is 26.4 Å². The van der Waals surface area contributed by atoms with E-state index in [0.29, 0.717) is 17.2 Å². The molecule has 1 aliphatic heterocycles. The lowest BCUT2D eigenvalue weighted by atomic mass is 10.2. The summed E-state index contributed by atoms with van der Waals surface area (Å²) in [4.78, 5) is 16.8. The average molecular weight is 377 g/mol. The molecular weight excluding hydrogens is 364 g/mol. The van der Waals surface area contributed by atoms with E-state index in [1.807, 2.05) is 24.3 Å². The number of ether oxygens (including phenoxy) is 2. The Hall–Kier alpha value is -2.54. The Kier molecular flexibility index (Phi) is 4.77. The molecule has 0 aliphatic carbocycles. The van der Waals surface area contributed by atoms with Crippen molar-refractivity contribution in [2.45, 2.75) is 0 Å². The maximum Gasteiger partial charge on any atom is 0.265 e. The molecule has 1 amide bonds. The van der Waals surface area contributed by atoms with Crippen LogP contribution in [0.3, 0.4) is 0 Å². The number of carbonyl (C=O) groups is 1. The van der Waals surface area contributed by atoms with E-state index in [-0.39, 0.29) is 19.3 Å². The number of halogens is 1. The molecule has 2 aromatic rings. The highest BCUT2D eigenvalue weighted by molar-refractivity contribution is 9.10. The lowest BCUT2D eigenvalue weighted by Gasteiger charge is -2.05. The maximum absolute atomic E-state index is 11.8. The van der Waals surface area contributed by atoms with Crippen molar-refractivity contribution in [3.8, 4) is 11.5 Å². The molecule has 7 heteroatoms. The highest BCUT2D eigenvalue weighted by Crippen LogP contribution is 2.34. The van der Waals surface area contributed by atoms with Crippen LogP contribution in [0.25, 0.3) is 0 Å². The Morgan fingerprint density at radius 1 is 1.26 bits per heavy atom. The largest absolute Gasteiger partial charge is 0.454 e. The summed E-state index contributed by atoms with van der Waals surface area (Å²) in [6.45, 7) is 0.00893. The Labute approximate surface area is 141 Å². The van der Waals surface area contributed by atoms with Gasteiger partial charge in [0.1, 0.15) is 0 Å². The maximum atomic E-state index is 11.8. The van der Waals surface area contributed by atoms with Crippen LogP contribution in [0, 0.1) is 0 Å². The molecule has 118 valence electrons. The molecule has 0 spiro atoms. The number of amides is 1. The third-order valence-corrected chi connectivity index (χ3v) is 3.75. The van der Waals surface area contributed by atoms with Crippen LogP contribution in [-0.4, -0.2) is 25.5 Å². The van der Waals surface area contributed by atoms with Crippen LogP contribution in [-0.2, 0) is 9.63 Å². The number of rotatable bonds is 5. The smallest absolute Gasteiger partial charge is 0.265 e. The zero-order valence-electron chi connectivity index (χ0n) is 12.0. The summed E-state index contributed by atoms with van der Waals surface area (Å²) in [6, 6.07) is 12.7. The van der Waals surface area contributed by atoms with Gasteiger partial charge in [-0.3, -0.25) is 4.79 Å². The van der Waals surface area contributed by atoms with Gasteiger partial charge in [-0.15, -0.1) is 0 Å². The van der Waals surface area contributed by atoms with Gasteiger partial charge < -0.3 is 19.6 Å². The molecule has 0 saturated carbocycles. The molecule has 1 N–H and O–H groups in total. The minimum atomic E-state index is -0.312. The van der Waals surface area contributed by atoms with E-state index >= 15 is 0 Å². The van der Waals surface area contributed by atoms with E-state index in [4.69, 9.17) is 14.3 Å². The van der Waals surface area contributed by atoms with Crippen molar-refractivity contribution >= 4 is 33.7 Å². The normalized spacial score (nSPS) is 12.4. The van der Waals surface area contributed by atoms with E-state index in [1.165, 1.54) is 6.21 Å². The van der Waals surface area contributed by atoms with Crippen LogP contribution in [0.1, 0.15) is 5.56 Å². The molecule has 0 aromatic heterocycles. The molecule has 0 fully saturated rings. The second kappa shape index (κ2) is 7.15. The molecule has 23 heavy (non-hydrogen) atoms. The second-order valence-electron chi connectivity index (χ2n) is 4.65. The first-order valence-corrected chi connectivity index (χ1v) is 7.61. The molecular formula is C16H13BrN2O4. The van der Waals surface area contributed by atoms with Gasteiger partial charge in [0.2, 0.25) is 6.79 Å². The lowest BCUT2D eigenvalue weighted by molar-refractivity contribution is -0.120. The minimum absolute atomic E-state index is 0.185. The van der Waals surface area contributed by atoms with E-state index in [9.17, 15) is 4.79 Å². The highest BCUT2D eigenvalue weighted by atomic mass is 79.9. The Balaban J connectivity index is 1.49. The number of fused-ring (bicyclic) bond motifs is 1. The quantitative estimate of drug-likeness (QED) is 0.642. The van der Waals surface area contributed by atoms with Gasteiger partial charge in [0.05, 0.1) is 6.21 Å². The number of anilines is 1. The van der Waals surface area contributed by atoms with Crippen LogP contribution in [0.2, 0.25) is 0 Å². The summed E-state index contributed by atoms with van der Waals surface area (Å²) in [5.74, 6) is 0.959. The number of carbonyl (C=O) groups excluding carboxylic acids is 1. The summed E-state index contributed by atoms with van der Waals surface area (Å²) < 4.78 is 11.4. The van der Waals surface area contributed by atoms with E-state index in [0.717, 1.165) is 10.0 Å². The van der Waals surface area contributed by atoms with Gasteiger partial charge in [-0.1, -0.05) is 39.3 Å². The van der Waals surface area contributed by atoms with Crippen molar-refractivity contribution in [3.63, 3.8) is 0 Å². The second-order valence-corrected chi connectivity index (χ2v) is 5.50.